The van der Waals surface area contributed by atoms with Gasteiger partial charge in [0.1, 0.15) is 5.75 Å². The summed E-state index contributed by atoms with van der Waals surface area (Å²) in [6.45, 7) is 7.12. The van der Waals surface area contributed by atoms with Crippen molar-refractivity contribution in [3.8, 4) is 5.75 Å². The molecule has 0 saturated carbocycles. The fourth-order valence-corrected chi connectivity index (χ4v) is 2.79. The van der Waals surface area contributed by atoms with E-state index >= 15 is 0 Å². The van der Waals surface area contributed by atoms with Crippen LogP contribution >= 0.6 is 0 Å². The monoisotopic (exact) mass is 301 g/mol. The number of nitrogens with two attached hydrogens (primary N) is 1. The van der Waals surface area contributed by atoms with Gasteiger partial charge < -0.3 is 15.8 Å². The van der Waals surface area contributed by atoms with Crippen LogP contribution in [0.5, 0.6) is 5.75 Å². The van der Waals surface area contributed by atoms with Gasteiger partial charge in [-0.25, -0.2) is 0 Å². The van der Waals surface area contributed by atoms with Gasteiger partial charge in [0.25, 0.3) is 0 Å². The Morgan fingerprint density at radius 3 is 2.73 bits per heavy atom. The summed E-state index contributed by atoms with van der Waals surface area (Å²) in [4.78, 5) is 4.75. The Hall–Kier alpha value is -1.81. The molecule has 0 fully saturated rings. The van der Waals surface area contributed by atoms with Crippen molar-refractivity contribution in [3.63, 3.8) is 0 Å². The fourth-order valence-electron chi connectivity index (χ4n) is 2.79. The smallest absolute Gasteiger partial charge is 0.121 e. The summed E-state index contributed by atoms with van der Waals surface area (Å²) in [6, 6.07) is 6.62. The van der Waals surface area contributed by atoms with E-state index in [2.05, 4.69) is 31.3 Å². The predicted octanol–water partition coefficient (Wildman–Crippen LogP) is 3.65. The minimum atomic E-state index is 0.353. The van der Waals surface area contributed by atoms with Crippen LogP contribution in [0.15, 0.2) is 18.2 Å². The van der Waals surface area contributed by atoms with Crippen molar-refractivity contribution in [1.29, 1.82) is 0 Å². The molecule has 2 aromatic rings. The summed E-state index contributed by atoms with van der Waals surface area (Å²) in [5, 5.41) is 4.74. The highest BCUT2D eigenvalue weighted by Crippen LogP contribution is 2.31. The molecule has 0 spiro atoms. The quantitative estimate of drug-likeness (QED) is 0.819. The second kappa shape index (κ2) is 7.45. The standard InChI is InChI=1S/C18H27N3O/c1-5-14-9-13(3)21-18-16(14)10-15(22-4)11-17(18)20-12(2)7-6-8-19/h9-12,20H,5-8,19H2,1-4H3. The maximum Gasteiger partial charge on any atom is 0.121 e. The minimum absolute atomic E-state index is 0.353. The highest BCUT2D eigenvalue weighted by molar-refractivity contribution is 5.94. The van der Waals surface area contributed by atoms with E-state index in [0.29, 0.717) is 6.04 Å². The molecule has 120 valence electrons. The van der Waals surface area contributed by atoms with Gasteiger partial charge in [-0.1, -0.05) is 6.92 Å². The summed E-state index contributed by atoms with van der Waals surface area (Å²) < 4.78 is 5.47. The van der Waals surface area contributed by atoms with Crippen molar-refractivity contribution in [2.24, 2.45) is 5.73 Å². The zero-order chi connectivity index (χ0) is 16.1. The van der Waals surface area contributed by atoms with Gasteiger partial charge >= 0.3 is 0 Å². The number of ether oxygens (including phenoxy) is 1. The molecule has 4 nitrogen and oxygen atoms in total. The molecule has 0 aliphatic carbocycles. The minimum Gasteiger partial charge on any atom is -0.497 e. The molecule has 1 aromatic heterocycles. The van der Waals surface area contributed by atoms with E-state index in [1.54, 1.807) is 7.11 Å². The molecule has 2 rings (SSSR count). The third-order valence-corrected chi connectivity index (χ3v) is 3.96. The normalized spacial score (nSPS) is 12.4. The van der Waals surface area contributed by atoms with E-state index in [-0.39, 0.29) is 0 Å². The lowest BCUT2D eigenvalue weighted by molar-refractivity contribution is 0.415. The second-order valence-corrected chi connectivity index (χ2v) is 5.82. The first-order chi connectivity index (χ1) is 10.6. The Bertz CT molecular complexity index is 640. The first-order valence-corrected chi connectivity index (χ1v) is 8.03. The molecule has 1 atom stereocenters. The van der Waals surface area contributed by atoms with Gasteiger partial charge in [0.05, 0.1) is 18.3 Å². The van der Waals surface area contributed by atoms with E-state index in [0.717, 1.165) is 48.5 Å². The lowest BCUT2D eigenvalue weighted by Crippen LogP contribution is -2.17. The Labute approximate surface area is 133 Å². The first-order valence-electron chi connectivity index (χ1n) is 8.03. The van der Waals surface area contributed by atoms with Gasteiger partial charge in [0.2, 0.25) is 0 Å². The molecule has 0 radical (unpaired) electrons. The number of aromatic nitrogens is 1. The van der Waals surface area contributed by atoms with Crippen LogP contribution in [-0.4, -0.2) is 24.7 Å². The number of fused-ring (bicyclic) bond motifs is 1. The van der Waals surface area contributed by atoms with Crippen molar-refractivity contribution >= 4 is 16.6 Å². The molecule has 3 N–H and O–H groups in total. The fraction of sp³-hybridized carbons (Fsp3) is 0.500. The van der Waals surface area contributed by atoms with Crippen LogP contribution in [-0.2, 0) is 6.42 Å². The summed E-state index contributed by atoms with van der Waals surface area (Å²) >= 11 is 0. The Morgan fingerprint density at radius 2 is 2.09 bits per heavy atom. The number of aryl methyl sites for hydroxylation is 2. The molecule has 22 heavy (non-hydrogen) atoms. The molecule has 1 aromatic carbocycles. The number of hydrogen-bond acceptors (Lipinski definition) is 4. The van der Waals surface area contributed by atoms with Crippen LogP contribution in [0.1, 0.15) is 37.9 Å². The topological polar surface area (TPSA) is 60.2 Å². The van der Waals surface area contributed by atoms with Crippen LogP contribution in [0.2, 0.25) is 0 Å². The molecule has 0 saturated heterocycles. The largest absolute Gasteiger partial charge is 0.497 e. The predicted molar refractivity (Wildman–Crippen MR) is 93.8 cm³/mol. The van der Waals surface area contributed by atoms with Gasteiger partial charge in [0.15, 0.2) is 0 Å². The van der Waals surface area contributed by atoms with E-state index in [4.69, 9.17) is 15.5 Å². The highest BCUT2D eigenvalue weighted by Gasteiger charge is 2.12. The van der Waals surface area contributed by atoms with Crippen molar-refractivity contribution in [1.82, 2.24) is 4.98 Å². The number of benzene rings is 1. The Kier molecular flexibility index (Phi) is 5.61. The van der Waals surface area contributed by atoms with Crippen LogP contribution in [0.3, 0.4) is 0 Å². The van der Waals surface area contributed by atoms with Crippen molar-refractivity contribution < 1.29 is 4.74 Å². The van der Waals surface area contributed by atoms with Crippen LogP contribution in [0.25, 0.3) is 10.9 Å². The third kappa shape index (κ3) is 3.69. The third-order valence-electron chi connectivity index (χ3n) is 3.96. The molecule has 1 heterocycles. The number of nitrogens with zero attached hydrogens (tertiary/aromatic N) is 1. The number of hydrogen-bond donors (Lipinski definition) is 2. The number of pyridine rings is 1. The summed E-state index contributed by atoms with van der Waals surface area (Å²) in [5.74, 6) is 0.862. The number of methoxy groups -OCH3 is 1. The molecule has 1 unspecified atom stereocenters. The number of anilines is 1. The van der Waals surface area contributed by atoms with Crippen molar-refractivity contribution in [2.45, 2.75) is 46.1 Å². The van der Waals surface area contributed by atoms with E-state index in [9.17, 15) is 0 Å². The van der Waals surface area contributed by atoms with Crippen LogP contribution in [0, 0.1) is 6.92 Å². The first kappa shape index (κ1) is 16.6. The highest BCUT2D eigenvalue weighted by atomic mass is 16.5. The zero-order valence-electron chi connectivity index (χ0n) is 14.1. The van der Waals surface area contributed by atoms with Crippen molar-refractivity contribution in [2.75, 3.05) is 19.0 Å². The van der Waals surface area contributed by atoms with E-state index in [1.165, 1.54) is 10.9 Å². The van der Waals surface area contributed by atoms with Gasteiger partial charge in [-0.05, 0) is 57.4 Å². The van der Waals surface area contributed by atoms with E-state index < -0.39 is 0 Å². The molecular formula is C18H27N3O. The maximum atomic E-state index is 5.60. The SMILES string of the molecule is CCc1cc(C)nc2c(NC(C)CCCN)cc(OC)cc12. The van der Waals surface area contributed by atoms with Gasteiger partial charge in [0, 0.05) is 23.2 Å². The summed E-state index contributed by atoms with van der Waals surface area (Å²) in [7, 11) is 1.70. The molecule has 0 bridgehead atoms. The second-order valence-electron chi connectivity index (χ2n) is 5.82. The Balaban J connectivity index is 2.49. The van der Waals surface area contributed by atoms with Crippen molar-refractivity contribution in [3.05, 3.63) is 29.5 Å². The molecule has 0 amide bonds. The van der Waals surface area contributed by atoms with Crippen LogP contribution in [0.4, 0.5) is 5.69 Å². The van der Waals surface area contributed by atoms with E-state index in [1.807, 2.05) is 13.0 Å². The number of rotatable bonds is 7. The molecule has 0 aliphatic rings. The summed E-state index contributed by atoms with van der Waals surface area (Å²) in [5.41, 5.74) is 10.0. The average molecular weight is 301 g/mol. The van der Waals surface area contributed by atoms with Gasteiger partial charge in [-0.2, -0.15) is 0 Å². The average Bonchev–Trinajstić information content (AvgIpc) is 2.52. The maximum absolute atomic E-state index is 5.60. The Morgan fingerprint density at radius 1 is 1.32 bits per heavy atom. The summed E-state index contributed by atoms with van der Waals surface area (Å²) in [6.07, 6.45) is 3.04. The zero-order valence-corrected chi connectivity index (χ0v) is 14.1. The number of nitrogens with one attached hydrogen (secondary N) is 1. The molecule has 4 heteroatoms. The lowest BCUT2D eigenvalue weighted by atomic mass is 10.0. The van der Waals surface area contributed by atoms with Gasteiger partial charge in [-0.3, -0.25) is 4.98 Å². The molecule has 0 aliphatic heterocycles. The lowest BCUT2D eigenvalue weighted by Gasteiger charge is -2.18. The molecular weight excluding hydrogens is 274 g/mol. The van der Waals surface area contributed by atoms with Gasteiger partial charge in [-0.15, -0.1) is 0 Å². The van der Waals surface area contributed by atoms with Crippen LogP contribution < -0.4 is 15.8 Å².